The van der Waals surface area contributed by atoms with Crippen LogP contribution in [0, 0.1) is 0 Å². The van der Waals surface area contributed by atoms with Gasteiger partial charge in [-0.05, 0) is 36.9 Å². The maximum absolute atomic E-state index is 12.7. The summed E-state index contributed by atoms with van der Waals surface area (Å²) in [6.07, 6.45) is 2.81. The molecule has 1 amide bonds. The Morgan fingerprint density at radius 3 is 2.92 bits per heavy atom. The van der Waals surface area contributed by atoms with Crippen LogP contribution in [0.25, 0.3) is 0 Å². The Morgan fingerprint density at radius 2 is 2.17 bits per heavy atom. The molecule has 6 heteroatoms. The van der Waals surface area contributed by atoms with Crippen LogP contribution in [0.3, 0.4) is 0 Å². The number of aromatic nitrogens is 1. The highest BCUT2D eigenvalue weighted by Crippen LogP contribution is 2.23. The van der Waals surface area contributed by atoms with E-state index in [9.17, 15) is 4.79 Å². The number of amides is 1. The van der Waals surface area contributed by atoms with Crippen molar-refractivity contribution in [3.63, 3.8) is 0 Å². The Bertz CT molecular complexity index is 633. The first-order chi connectivity index (χ1) is 11.7. The fraction of sp³-hybridized carbons (Fsp3) is 0.444. The highest BCUT2D eigenvalue weighted by atomic mass is 32.2. The van der Waals surface area contributed by atoms with Gasteiger partial charge in [0.05, 0.1) is 10.3 Å². The van der Waals surface area contributed by atoms with Crippen molar-refractivity contribution in [2.75, 3.05) is 26.2 Å². The molecule has 128 valence electrons. The van der Waals surface area contributed by atoms with E-state index in [-0.39, 0.29) is 11.2 Å². The third kappa shape index (κ3) is 4.82. The minimum absolute atomic E-state index is 0.0938. The predicted octanol–water partition coefficient (Wildman–Crippen LogP) is 3.36. The number of carbonyl (C=O) groups excluding carboxylic acids is 1. The van der Waals surface area contributed by atoms with Crippen LogP contribution in [0.2, 0.25) is 0 Å². The molecular weight excluding hydrogens is 338 g/mol. The van der Waals surface area contributed by atoms with E-state index in [2.05, 4.69) is 27.4 Å². The number of thioether (sulfide) groups is 1. The molecule has 3 heterocycles. The number of hydrogen-bond acceptors (Lipinski definition) is 5. The molecule has 24 heavy (non-hydrogen) atoms. The minimum Gasteiger partial charge on any atom is -0.340 e. The minimum atomic E-state index is -0.0938. The summed E-state index contributed by atoms with van der Waals surface area (Å²) in [5.41, 5.74) is 0. The van der Waals surface area contributed by atoms with Crippen LogP contribution in [0.5, 0.6) is 0 Å². The molecule has 0 N–H and O–H groups in total. The summed E-state index contributed by atoms with van der Waals surface area (Å²) in [5.74, 6) is 0.226. The summed E-state index contributed by atoms with van der Waals surface area (Å²) in [6.45, 7) is 6.66. The van der Waals surface area contributed by atoms with Crippen molar-refractivity contribution < 1.29 is 4.79 Å². The summed E-state index contributed by atoms with van der Waals surface area (Å²) in [7, 11) is 0. The molecule has 3 rings (SSSR count). The lowest BCUT2D eigenvalue weighted by Gasteiger charge is -2.24. The van der Waals surface area contributed by atoms with Gasteiger partial charge in [0.25, 0.3) is 0 Å². The van der Waals surface area contributed by atoms with Crippen molar-refractivity contribution in [2.24, 2.45) is 0 Å². The smallest absolute Gasteiger partial charge is 0.235 e. The summed E-state index contributed by atoms with van der Waals surface area (Å²) in [5, 5.41) is 2.94. The van der Waals surface area contributed by atoms with E-state index < -0.39 is 0 Å². The van der Waals surface area contributed by atoms with Gasteiger partial charge in [-0.15, -0.1) is 11.3 Å². The topological polar surface area (TPSA) is 36.4 Å². The second-order valence-electron chi connectivity index (χ2n) is 5.96. The highest BCUT2D eigenvalue weighted by molar-refractivity contribution is 8.00. The van der Waals surface area contributed by atoms with E-state index in [1.54, 1.807) is 29.3 Å². The van der Waals surface area contributed by atoms with Gasteiger partial charge in [-0.25, -0.2) is 4.98 Å². The van der Waals surface area contributed by atoms with E-state index in [0.29, 0.717) is 0 Å². The molecule has 2 aromatic heterocycles. The van der Waals surface area contributed by atoms with Crippen LogP contribution in [-0.4, -0.2) is 52.1 Å². The molecule has 1 aliphatic rings. The van der Waals surface area contributed by atoms with Crippen LogP contribution in [0.1, 0.15) is 18.2 Å². The Kier molecular flexibility index (Phi) is 6.29. The van der Waals surface area contributed by atoms with E-state index in [1.807, 2.05) is 30.0 Å². The van der Waals surface area contributed by atoms with Gasteiger partial charge >= 0.3 is 0 Å². The second kappa shape index (κ2) is 8.65. The number of rotatable bonds is 5. The Hall–Kier alpha value is -1.37. The Balaban J connectivity index is 1.52. The molecule has 0 aliphatic carbocycles. The fourth-order valence-corrected chi connectivity index (χ4v) is 4.51. The first kappa shape index (κ1) is 17.5. The summed E-state index contributed by atoms with van der Waals surface area (Å²) >= 11 is 3.35. The maximum Gasteiger partial charge on any atom is 0.235 e. The van der Waals surface area contributed by atoms with Gasteiger partial charge in [0.15, 0.2) is 0 Å². The van der Waals surface area contributed by atoms with E-state index in [1.165, 1.54) is 4.88 Å². The van der Waals surface area contributed by atoms with Crippen LogP contribution >= 0.6 is 23.1 Å². The molecular formula is C18H23N3OS2. The SMILES string of the molecule is CC(Sc1ccccn1)C(=O)N1CCCN(Cc2cccs2)CC1. The van der Waals surface area contributed by atoms with Crippen molar-refractivity contribution >= 4 is 29.0 Å². The lowest BCUT2D eigenvalue weighted by molar-refractivity contribution is -0.130. The average molecular weight is 362 g/mol. The monoisotopic (exact) mass is 361 g/mol. The Labute approximate surface area is 151 Å². The van der Waals surface area contributed by atoms with Crippen LogP contribution < -0.4 is 0 Å². The molecule has 1 aliphatic heterocycles. The highest BCUT2D eigenvalue weighted by Gasteiger charge is 2.24. The third-order valence-electron chi connectivity index (χ3n) is 4.14. The van der Waals surface area contributed by atoms with Gasteiger partial charge < -0.3 is 4.90 Å². The summed E-state index contributed by atoms with van der Waals surface area (Å²) in [6, 6.07) is 10.1. The molecule has 0 spiro atoms. The second-order valence-corrected chi connectivity index (χ2v) is 8.36. The first-order valence-corrected chi connectivity index (χ1v) is 10.1. The van der Waals surface area contributed by atoms with E-state index in [4.69, 9.17) is 0 Å². The fourth-order valence-electron chi connectivity index (χ4n) is 2.88. The van der Waals surface area contributed by atoms with Crippen LogP contribution in [-0.2, 0) is 11.3 Å². The van der Waals surface area contributed by atoms with Crippen LogP contribution in [0.15, 0.2) is 46.9 Å². The van der Waals surface area contributed by atoms with Crippen molar-refractivity contribution in [2.45, 2.75) is 30.2 Å². The molecule has 0 aromatic carbocycles. The van der Waals surface area contributed by atoms with Gasteiger partial charge in [0, 0.05) is 43.8 Å². The third-order valence-corrected chi connectivity index (χ3v) is 6.04. The molecule has 2 aromatic rings. The van der Waals surface area contributed by atoms with Crippen molar-refractivity contribution in [1.82, 2.24) is 14.8 Å². The Morgan fingerprint density at radius 1 is 1.25 bits per heavy atom. The first-order valence-electron chi connectivity index (χ1n) is 8.33. The van der Waals surface area contributed by atoms with E-state index in [0.717, 1.165) is 44.2 Å². The zero-order valence-electron chi connectivity index (χ0n) is 13.9. The molecule has 0 saturated carbocycles. The van der Waals surface area contributed by atoms with Gasteiger partial charge in [0.2, 0.25) is 5.91 Å². The van der Waals surface area contributed by atoms with E-state index >= 15 is 0 Å². The van der Waals surface area contributed by atoms with Crippen molar-refractivity contribution in [1.29, 1.82) is 0 Å². The van der Waals surface area contributed by atoms with Crippen LogP contribution in [0.4, 0.5) is 0 Å². The number of thiophene rings is 1. The number of nitrogens with zero attached hydrogens (tertiary/aromatic N) is 3. The molecule has 0 radical (unpaired) electrons. The van der Waals surface area contributed by atoms with Gasteiger partial charge in [-0.1, -0.05) is 23.9 Å². The summed E-state index contributed by atoms with van der Waals surface area (Å²) < 4.78 is 0. The van der Waals surface area contributed by atoms with Gasteiger partial charge in [-0.3, -0.25) is 9.69 Å². The summed E-state index contributed by atoms with van der Waals surface area (Å²) in [4.78, 5) is 22.9. The zero-order valence-corrected chi connectivity index (χ0v) is 15.6. The molecule has 1 saturated heterocycles. The lowest BCUT2D eigenvalue weighted by Crippen LogP contribution is -2.39. The number of pyridine rings is 1. The van der Waals surface area contributed by atoms with Gasteiger partial charge in [-0.2, -0.15) is 0 Å². The zero-order chi connectivity index (χ0) is 16.8. The molecule has 1 atom stereocenters. The number of hydrogen-bond donors (Lipinski definition) is 0. The normalized spacial score (nSPS) is 17.5. The average Bonchev–Trinajstić information content (AvgIpc) is 2.99. The van der Waals surface area contributed by atoms with Crippen molar-refractivity contribution in [3.05, 3.63) is 46.8 Å². The molecule has 0 bridgehead atoms. The standard InChI is InChI=1S/C18H23N3OS2/c1-15(24-17-7-2-3-8-19-17)18(22)21-10-5-9-20(11-12-21)14-16-6-4-13-23-16/h2-4,6-8,13,15H,5,9-12,14H2,1H3. The largest absolute Gasteiger partial charge is 0.340 e. The lowest BCUT2D eigenvalue weighted by atomic mass is 10.3. The van der Waals surface area contributed by atoms with Gasteiger partial charge in [0.1, 0.15) is 0 Å². The maximum atomic E-state index is 12.7. The number of carbonyl (C=O) groups is 1. The molecule has 4 nitrogen and oxygen atoms in total. The molecule has 1 fully saturated rings. The molecule has 1 unspecified atom stereocenters. The van der Waals surface area contributed by atoms with Crippen molar-refractivity contribution in [3.8, 4) is 0 Å². The quantitative estimate of drug-likeness (QED) is 0.765. The predicted molar refractivity (Wildman–Crippen MR) is 100 cm³/mol.